The highest BCUT2D eigenvalue weighted by molar-refractivity contribution is 6.31. The van der Waals surface area contributed by atoms with E-state index in [1.54, 1.807) is 30.1 Å². The highest BCUT2D eigenvalue weighted by Gasteiger charge is 2.31. The van der Waals surface area contributed by atoms with Crippen molar-refractivity contribution in [3.63, 3.8) is 0 Å². The Morgan fingerprint density at radius 1 is 1.14 bits per heavy atom. The van der Waals surface area contributed by atoms with Crippen LogP contribution in [0.4, 0.5) is 19.0 Å². The fourth-order valence-electron chi connectivity index (χ4n) is 3.74. The van der Waals surface area contributed by atoms with E-state index in [-0.39, 0.29) is 22.7 Å². The number of anilines is 1. The highest BCUT2D eigenvalue weighted by atomic mass is 35.5. The molecule has 2 aromatic heterocycles. The van der Waals surface area contributed by atoms with Gasteiger partial charge < -0.3 is 5.73 Å². The minimum atomic E-state index is -4.56. The Balaban J connectivity index is 1.77. The third-order valence-corrected chi connectivity index (χ3v) is 6.06. The number of fused-ring (bicyclic) bond motifs is 3. The molecule has 0 aliphatic carbocycles. The SMILES string of the molecule is CC(=O)N(C)N(Cc1ccc(C(F)(F)F)cc1Cl)C(=O)c1ccc2nc(N)c3cnn(C)c3c2c1. The number of rotatable bonds is 3. The number of aromatic nitrogens is 3. The fraction of sp³-hybridized carbons (Fsp3) is 0.217. The number of aryl methyl sites for hydroxylation is 1. The summed E-state index contributed by atoms with van der Waals surface area (Å²) in [6.45, 7) is 1.03. The molecule has 2 aromatic carbocycles. The number of benzene rings is 2. The average molecular weight is 505 g/mol. The third kappa shape index (κ3) is 4.46. The van der Waals surface area contributed by atoms with Crippen LogP contribution in [0, 0.1) is 0 Å². The largest absolute Gasteiger partial charge is 0.416 e. The van der Waals surface area contributed by atoms with Crippen LogP contribution in [-0.2, 0) is 24.6 Å². The number of alkyl halides is 3. The molecule has 4 rings (SSSR count). The van der Waals surface area contributed by atoms with Crippen molar-refractivity contribution in [1.29, 1.82) is 0 Å². The van der Waals surface area contributed by atoms with Crippen LogP contribution >= 0.6 is 11.6 Å². The molecule has 0 saturated heterocycles. The van der Waals surface area contributed by atoms with Crippen LogP contribution in [0.3, 0.4) is 0 Å². The van der Waals surface area contributed by atoms with Crippen LogP contribution in [-0.4, -0.2) is 43.6 Å². The number of nitrogens with two attached hydrogens (primary N) is 1. The Hall–Kier alpha value is -3.86. The molecule has 2 heterocycles. The number of pyridine rings is 1. The van der Waals surface area contributed by atoms with Gasteiger partial charge in [-0.3, -0.25) is 19.3 Å². The van der Waals surface area contributed by atoms with Crippen molar-refractivity contribution in [2.75, 3.05) is 12.8 Å². The van der Waals surface area contributed by atoms with Gasteiger partial charge in [-0.25, -0.2) is 9.99 Å². The third-order valence-electron chi connectivity index (χ3n) is 5.71. The van der Waals surface area contributed by atoms with E-state index in [4.69, 9.17) is 17.3 Å². The predicted octanol–water partition coefficient (Wildman–Crippen LogP) is 4.41. The zero-order chi connectivity index (χ0) is 25.7. The molecule has 35 heavy (non-hydrogen) atoms. The molecule has 2 N–H and O–H groups in total. The van der Waals surface area contributed by atoms with Gasteiger partial charge in [0.1, 0.15) is 5.82 Å². The second-order valence-electron chi connectivity index (χ2n) is 7.97. The first-order valence-corrected chi connectivity index (χ1v) is 10.7. The summed E-state index contributed by atoms with van der Waals surface area (Å²) < 4.78 is 40.7. The van der Waals surface area contributed by atoms with Gasteiger partial charge in [0.05, 0.1) is 34.7 Å². The zero-order valence-corrected chi connectivity index (χ0v) is 19.6. The second-order valence-corrected chi connectivity index (χ2v) is 8.38. The average Bonchev–Trinajstić information content (AvgIpc) is 3.19. The molecule has 8 nitrogen and oxygen atoms in total. The summed E-state index contributed by atoms with van der Waals surface area (Å²) in [7, 11) is 3.12. The van der Waals surface area contributed by atoms with E-state index >= 15 is 0 Å². The summed E-state index contributed by atoms with van der Waals surface area (Å²) in [5.74, 6) is -0.715. The summed E-state index contributed by atoms with van der Waals surface area (Å²) in [4.78, 5) is 30.0. The van der Waals surface area contributed by atoms with Gasteiger partial charge in [-0.15, -0.1) is 0 Å². The molecular weight excluding hydrogens is 485 g/mol. The number of hydrogen-bond acceptors (Lipinski definition) is 5. The van der Waals surface area contributed by atoms with Gasteiger partial charge in [-0.1, -0.05) is 17.7 Å². The molecule has 0 aliphatic rings. The van der Waals surface area contributed by atoms with E-state index in [1.807, 2.05) is 0 Å². The Kier molecular flexibility index (Phi) is 6.05. The standard InChI is InChI=1S/C23H20ClF3N6O2/c1-12(34)32(3)33(11-14-4-6-15(9-18(14)24)23(25,26)27)22(35)13-5-7-19-16(8-13)20-17(21(28)30-19)10-29-31(20)2/h4-10H,11H2,1-3H3,(H2,28,30). The van der Waals surface area contributed by atoms with E-state index in [0.29, 0.717) is 27.6 Å². The van der Waals surface area contributed by atoms with Gasteiger partial charge in [0, 0.05) is 37.0 Å². The van der Waals surface area contributed by atoms with Crippen LogP contribution in [0.5, 0.6) is 0 Å². The molecular formula is C23H20ClF3N6O2. The molecule has 0 saturated carbocycles. The number of halogens is 4. The first-order valence-electron chi connectivity index (χ1n) is 10.3. The summed E-state index contributed by atoms with van der Waals surface area (Å²) in [6, 6.07) is 7.63. The van der Waals surface area contributed by atoms with Gasteiger partial charge in [-0.05, 0) is 35.9 Å². The zero-order valence-electron chi connectivity index (χ0n) is 18.9. The summed E-state index contributed by atoms with van der Waals surface area (Å²) in [6.07, 6.45) is -2.98. The van der Waals surface area contributed by atoms with Crippen LogP contribution < -0.4 is 5.73 Å². The first kappa shape index (κ1) is 24.3. The number of carbonyl (C=O) groups is 2. The van der Waals surface area contributed by atoms with Crippen LogP contribution in [0.25, 0.3) is 21.8 Å². The lowest BCUT2D eigenvalue weighted by Crippen LogP contribution is -2.46. The lowest BCUT2D eigenvalue weighted by molar-refractivity contribution is -0.140. The van der Waals surface area contributed by atoms with E-state index in [2.05, 4.69) is 10.1 Å². The van der Waals surface area contributed by atoms with Crippen molar-refractivity contribution in [1.82, 2.24) is 24.8 Å². The second kappa shape index (κ2) is 8.73. The minimum absolute atomic E-state index is 0.177. The molecule has 0 unspecified atom stereocenters. The van der Waals surface area contributed by atoms with Crippen molar-refractivity contribution in [3.05, 3.63) is 64.3 Å². The van der Waals surface area contributed by atoms with Crippen molar-refractivity contribution in [2.24, 2.45) is 7.05 Å². The number of hydrazine groups is 1. The van der Waals surface area contributed by atoms with Gasteiger partial charge in [-0.2, -0.15) is 18.3 Å². The maximum atomic E-state index is 13.5. The Bertz CT molecular complexity index is 1480. The lowest BCUT2D eigenvalue weighted by atomic mass is 10.1. The monoisotopic (exact) mass is 504 g/mol. The summed E-state index contributed by atoms with van der Waals surface area (Å²) >= 11 is 6.11. The summed E-state index contributed by atoms with van der Waals surface area (Å²) in [5.41, 5.74) is 6.81. The fourth-order valence-corrected chi connectivity index (χ4v) is 3.98. The molecule has 0 aliphatic heterocycles. The van der Waals surface area contributed by atoms with Crippen LogP contribution in [0.1, 0.15) is 28.4 Å². The quantitative estimate of drug-likeness (QED) is 0.417. The molecule has 12 heteroatoms. The van der Waals surface area contributed by atoms with E-state index < -0.39 is 23.6 Å². The van der Waals surface area contributed by atoms with Gasteiger partial charge in [0.15, 0.2) is 0 Å². The van der Waals surface area contributed by atoms with Crippen molar-refractivity contribution >= 4 is 51.0 Å². The van der Waals surface area contributed by atoms with E-state index in [9.17, 15) is 22.8 Å². The predicted molar refractivity (Wildman–Crippen MR) is 125 cm³/mol. The molecule has 0 spiro atoms. The smallest absolute Gasteiger partial charge is 0.383 e. The first-order chi connectivity index (χ1) is 16.4. The summed E-state index contributed by atoms with van der Waals surface area (Å²) in [5, 5.41) is 7.48. The van der Waals surface area contributed by atoms with Crippen molar-refractivity contribution in [2.45, 2.75) is 19.6 Å². The minimum Gasteiger partial charge on any atom is -0.383 e. The Morgan fingerprint density at radius 2 is 1.86 bits per heavy atom. The molecule has 0 radical (unpaired) electrons. The topological polar surface area (TPSA) is 97.3 Å². The number of nitrogen functional groups attached to an aromatic ring is 1. The maximum absolute atomic E-state index is 13.5. The Labute approximate surface area is 202 Å². The van der Waals surface area contributed by atoms with Gasteiger partial charge in [0.2, 0.25) is 5.91 Å². The number of nitrogens with zero attached hydrogens (tertiary/aromatic N) is 5. The Morgan fingerprint density at radius 3 is 2.49 bits per heavy atom. The van der Waals surface area contributed by atoms with Crippen molar-refractivity contribution in [3.8, 4) is 0 Å². The maximum Gasteiger partial charge on any atom is 0.416 e. The van der Waals surface area contributed by atoms with Crippen LogP contribution in [0.15, 0.2) is 42.6 Å². The van der Waals surface area contributed by atoms with E-state index in [1.165, 1.54) is 26.1 Å². The molecule has 2 amide bonds. The molecule has 0 atom stereocenters. The lowest BCUT2D eigenvalue weighted by Gasteiger charge is -2.31. The van der Waals surface area contributed by atoms with Crippen molar-refractivity contribution < 1.29 is 22.8 Å². The van der Waals surface area contributed by atoms with Crippen LogP contribution in [0.2, 0.25) is 5.02 Å². The number of amides is 2. The molecule has 0 fully saturated rings. The van der Waals surface area contributed by atoms with Gasteiger partial charge >= 0.3 is 6.18 Å². The van der Waals surface area contributed by atoms with E-state index in [0.717, 1.165) is 22.2 Å². The number of carbonyl (C=O) groups excluding carboxylic acids is 2. The normalized spacial score (nSPS) is 11.7. The number of hydrogen-bond donors (Lipinski definition) is 1. The molecule has 182 valence electrons. The highest BCUT2D eigenvalue weighted by Crippen LogP contribution is 2.33. The van der Waals surface area contributed by atoms with Gasteiger partial charge in [0.25, 0.3) is 5.91 Å². The molecule has 4 aromatic rings. The molecule has 0 bridgehead atoms.